The lowest BCUT2D eigenvalue weighted by Crippen LogP contribution is -2.49. The summed E-state index contributed by atoms with van der Waals surface area (Å²) in [6.45, 7) is 3.00. The minimum absolute atomic E-state index is 0.0774. The molecule has 2 heterocycles. The summed E-state index contributed by atoms with van der Waals surface area (Å²) < 4.78 is 27.2. The number of hydrogen-bond acceptors (Lipinski definition) is 7. The number of rotatable bonds is 7. The molecular formula is C28H28N3O8P. The number of para-hydroxylation sites is 1. The van der Waals surface area contributed by atoms with E-state index in [2.05, 4.69) is 26.7 Å². The van der Waals surface area contributed by atoms with Crippen LogP contribution in [-0.4, -0.2) is 52.9 Å². The number of phosphoric ester groups is 1. The second kappa shape index (κ2) is 11.9. The van der Waals surface area contributed by atoms with E-state index in [1.54, 1.807) is 57.3 Å². The Hall–Kier alpha value is -4.20. The smallest absolute Gasteiger partial charge is 0.469 e. The first-order valence-corrected chi connectivity index (χ1v) is 13.7. The first-order valence-electron chi connectivity index (χ1n) is 12.2. The lowest BCUT2D eigenvalue weighted by Gasteiger charge is -2.20. The van der Waals surface area contributed by atoms with Gasteiger partial charge >= 0.3 is 7.82 Å². The molecule has 0 fully saturated rings. The molecule has 0 bridgehead atoms. The normalized spacial score (nSPS) is 15.2. The van der Waals surface area contributed by atoms with E-state index in [0.717, 1.165) is 0 Å². The molecule has 3 aromatic rings. The molecule has 0 radical (unpaired) electrons. The Morgan fingerprint density at radius 3 is 2.65 bits per heavy atom. The minimum Gasteiger partial charge on any atom is -0.489 e. The van der Waals surface area contributed by atoms with Gasteiger partial charge in [0, 0.05) is 24.9 Å². The van der Waals surface area contributed by atoms with Crippen LogP contribution in [0.25, 0.3) is 0 Å². The number of anilines is 1. The molecule has 2 amide bonds. The monoisotopic (exact) mass is 565 g/mol. The molecule has 1 atom stereocenters. The summed E-state index contributed by atoms with van der Waals surface area (Å²) in [4.78, 5) is 49.6. The minimum atomic E-state index is -4.62. The SMILES string of the molecule is CN1C(=O)C(NC(=O)c2cc(Oc3ccccc3)ccn2)COc2ccc(C#CC(C)(C)COP(=O)(O)O)cc21. The summed E-state index contributed by atoms with van der Waals surface area (Å²) in [5.74, 6) is 6.37. The zero-order chi connectivity index (χ0) is 28.9. The third-order valence-electron chi connectivity index (χ3n) is 5.74. The number of phosphoric acid groups is 1. The van der Waals surface area contributed by atoms with Gasteiger partial charge in [-0.25, -0.2) is 4.57 Å². The van der Waals surface area contributed by atoms with Gasteiger partial charge in [-0.05, 0) is 50.2 Å². The molecule has 40 heavy (non-hydrogen) atoms. The van der Waals surface area contributed by atoms with Crippen LogP contribution in [0.1, 0.15) is 29.9 Å². The van der Waals surface area contributed by atoms with Crippen LogP contribution in [-0.2, 0) is 13.9 Å². The molecule has 208 valence electrons. The number of likely N-dealkylation sites (N-methyl/N-ethyl adjacent to an activating group) is 1. The van der Waals surface area contributed by atoms with E-state index in [0.29, 0.717) is 28.5 Å². The number of pyridine rings is 1. The van der Waals surface area contributed by atoms with E-state index in [9.17, 15) is 14.2 Å². The Balaban J connectivity index is 1.45. The van der Waals surface area contributed by atoms with Crippen LogP contribution < -0.4 is 19.7 Å². The van der Waals surface area contributed by atoms with Gasteiger partial charge in [0.2, 0.25) is 0 Å². The van der Waals surface area contributed by atoms with Gasteiger partial charge in [-0.1, -0.05) is 30.0 Å². The summed E-state index contributed by atoms with van der Waals surface area (Å²) in [5.41, 5.74) is 0.231. The van der Waals surface area contributed by atoms with Gasteiger partial charge in [-0.3, -0.25) is 19.1 Å². The van der Waals surface area contributed by atoms with Crippen molar-refractivity contribution in [2.45, 2.75) is 19.9 Å². The van der Waals surface area contributed by atoms with Crippen molar-refractivity contribution in [2.24, 2.45) is 5.41 Å². The van der Waals surface area contributed by atoms with Crippen molar-refractivity contribution in [3.05, 3.63) is 78.1 Å². The molecular weight excluding hydrogens is 537 g/mol. The predicted molar refractivity (Wildman–Crippen MR) is 146 cm³/mol. The van der Waals surface area contributed by atoms with Crippen LogP contribution >= 0.6 is 7.82 Å². The average molecular weight is 566 g/mol. The summed E-state index contributed by atoms with van der Waals surface area (Å²) in [7, 11) is -3.05. The van der Waals surface area contributed by atoms with Crippen molar-refractivity contribution < 1.29 is 37.9 Å². The Labute approximate surface area is 231 Å². The zero-order valence-corrected chi connectivity index (χ0v) is 22.9. The fourth-order valence-corrected chi connectivity index (χ4v) is 4.15. The number of benzene rings is 2. The molecule has 1 aromatic heterocycles. The van der Waals surface area contributed by atoms with Crippen LogP contribution in [0, 0.1) is 17.3 Å². The van der Waals surface area contributed by atoms with Crippen LogP contribution in [0.2, 0.25) is 0 Å². The number of fused-ring (bicyclic) bond motifs is 1. The van der Waals surface area contributed by atoms with Gasteiger partial charge in [0.25, 0.3) is 11.8 Å². The maximum atomic E-state index is 13.3. The van der Waals surface area contributed by atoms with E-state index in [1.165, 1.54) is 17.2 Å². The second-order valence-corrected chi connectivity index (χ2v) is 10.8. The molecule has 11 nitrogen and oxygen atoms in total. The Morgan fingerprint density at radius 2 is 1.93 bits per heavy atom. The van der Waals surface area contributed by atoms with Crippen molar-refractivity contribution >= 4 is 25.3 Å². The molecule has 0 saturated carbocycles. The van der Waals surface area contributed by atoms with E-state index in [4.69, 9.17) is 19.3 Å². The summed E-state index contributed by atoms with van der Waals surface area (Å²) in [5, 5.41) is 2.69. The third-order valence-corrected chi connectivity index (χ3v) is 6.21. The van der Waals surface area contributed by atoms with Gasteiger partial charge in [0.1, 0.15) is 35.6 Å². The lowest BCUT2D eigenvalue weighted by atomic mass is 9.95. The molecule has 0 aliphatic carbocycles. The van der Waals surface area contributed by atoms with Gasteiger partial charge in [0.05, 0.1) is 17.7 Å². The predicted octanol–water partition coefficient (Wildman–Crippen LogP) is 3.51. The largest absolute Gasteiger partial charge is 0.489 e. The maximum absolute atomic E-state index is 13.3. The van der Waals surface area contributed by atoms with Crippen molar-refractivity contribution in [1.82, 2.24) is 10.3 Å². The number of nitrogens with zero attached hydrogens (tertiary/aromatic N) is 2. The van der Waals surface area contributed by atoms with Crippen LogP contribution in [0.5, 0.6) is 17.2 Å². The highest BCUT2D eigenvalue weighted by Crippen LogP contribution is 2.38. The average Bonchev–Trinajstić information content (AvgIpc) is 3.03. The number of amides is 2. The van der Waals surface area contributed by atoms with Crippen molar-refractivity contribution in [2.75, 3.05) is 25.2 Å². The molecule has 12 heteroatoms. The molecule has 1 aliphatic heterocycles. The first kappa shape index (κ1) is 28.8. The highest BCUT2D eigenvalue weighted by atomic mass is 31.2. The third kappa shape index (κ3) is 7.68. The Kier molecular flexibility index (Phi) is 8.57. The molecule has 3 N–H and O–H groups in total. The summed E-state index contributed by atoms with van der Waals surface area (Å²) in [6.07, 6.45) is 1.45. The molecule has 1 aliphatic rings. The Morgan fingerprint density at radius 1 is 1.18 bits per heavy atom. The lowest BCUT2D eigenvalue weighted by molar-refractivity contribution is -0.120. The van der Waals surface area contributed by atoms with Crippen LogP contribution in [0.15, 0.2) is 66.9 Å². The highest BCUT2D eigenvalue weighted by Gasteiger charge is 2.31. The number of carbonyl (C=O) groups excluding carboxylic acids is 2. The van der Waals surface area contributed by atoms with Crippen LogP contribution in [0.4, 0.5) is 5.69 Å². The molecule has 0 saturated heterocycles. The summed E-state index contributed by atoms with van der Waals surface area (Å²) in [6, 6.07) is 16.3. The maximum Gasteiger partial charge on any atom is 0.469 e. The number of hydrogen-bond donors (Lipinski definition) is 3. The molecule has 0 spiro atoms. The Bertz CT molecular complexity index is 1510. The van der Waals surface area contributed by atoms with Crippen molar-refractivity contribution in [1.29, 1.82) is 0 Å². The molecule has 1 unspecified atom stereocenters. The van der Waals surface area contributed by atoms with E-state index < -0.39 is 31.1 Å². The van der Waals surface area contributed by atoms with E-state index in [1.807, 2.05) is 18.2 Å². The zero-order valence-electron chi connectivity index (χ0n) is 22.0. The fourth-order valence-electron chi connectivity index (χ4n) is 3.66. The van der Waals surface area contributed by atoms with Gasteiger partial charge in [-0.2, -0.15) is 0 Å². The number of carbonyl (C=O) groups is 2. The van der Waals surface area contributed by atoms with Crippen molar-refractivity contribution in [3.8, 4) is 29.1 Å². The summed E-state index contributed by atoms with van der Waals surface area (Å²) >= 11 is 0. The van der Waals surface area contributed by atoms with Crippen LogP contribution in [0.3, 0.4) is 0 Å². The number of nitrogens with one attached hydrogen (secondary N) is 1. The van der Waals surface area contributed by atoms with Gasteiger partial charge < -0.3 is 29.5 Å². The van der Waals surface area contributed by atoms with Gasteiger partial charge in [0.15, 0.2) is 0 Å². The van der Waals surface area contributed by atoms with Gasteiger partial charge in [-0.15, -0.1) is 0 Å². The van der Waals surface area contributed by atoms with E-state index in [-0.39, 0.29) is 18.9 Å². The topological polar surface area (TPSA) is 148 Å². The van der Waals surface area contributed by atoms with E-state index >= 15 is 0 Å². The standard InChI is InChI=1S/C28H28N3O8P/c1-28(2,18-38-40(34,35)36)13-11-19-9-10-25-24(15-19)31(3)27(33)23(17-37-25)30-26(32)22-16-21(12-14-29-22)39-20-7-5-4-6-8-20/h4-10,12,14-16,23H,17-18H2,1-3H3,(H,30,32)(H2,34,35,36). The fraction of sp³-hybridized carbons (Fsp3) is 0.250. The molecule has 2 aromatic carbocycles. The number of ether oxygens (including phenoxy) is 2. The quantitative estimate of drug-likeness (QED) is 0.289. The highest BCUT2D eigenvalue weighted by molar-refractivity contribution is 7.46. The molecule has 4 rings (SSSR count). The number of aromatic nitrogens is 1. The van der Waals surface area contributed by atoms with Crippen molar-refractivity contribution in [3.63, 3.8) is 0 Å². The first-order chi connectivity index (χ1) is 18.9. The second-order valence-electron chi connectivity index (χ2n) is 9.61.